The van der Waals surface area contributed by atoms with E-state index in [1.54, 1.807) is 12.1 Å². The summed E-state index contributed by atoms with van der Waals surface area (Å²) in [5, 5.41) is 0. The lowest BCUT2D eigenvalue weighted by atomic mass is 10.2. The molecule has 7 heteroatoms. The van der Waals surface area contributed by atoms with Crippen LogP contribution in [0.5, 0.6) is 0 Å². The highest BCUT2D eigenvalue weighted by molar-refractivity contribution is 8.13. The van der Waals surface area contributed by atoms with E-state index in [9.17, 15) is 12.6 Å². The molecule has 0 heterocycles. The Morgan fingerprint density at radius 1 is 1.41 bits per heavy atom. The molecule has 0 aliphatic rings. The van der Waals surface area contributed by atoms with Crippen molar-refractivity contribution in [2.45, 2.75) is 10.6 Å². The van der Waals surface area contributed by atoms with Crippen molar-refractivity contribution in [1.82, 2.24) is 0 Å². The Labute approximate surface area is 108 Å². The average Bonchev–Trinajstić information content (AvgIpc) is 2.25. The molecule has 0 N–H and O–H groups in total. The number of ether oxygens (including phenoxy) is 1. The predicted molar refractivity (Wildman–Crippen MR) is 68.1 cm³/mol. The van der Waals surface area contributed by atoms with Crippen molar-refractivity contribution in [3.63, 3.8) is 0 Å². The summed E-state index contributed by atoms with van der Waals surface area (Å²) in [6.45, 7) is 0.417. The molecule has 1 aromatic carbocycles. The monoisotopic (exact) mass is 296 g/mol. The van der Waals surface area contributed by atoms with E-state index < -0.39 is 19.9 Å². The van der Waals surface area contributed by atoms with Gasteiger partial charge in [0.15, 0.2) is 0 Å². The number of benzene rings is 1. The van der Waals surface area contributed by atoms with Gasteiger partial charge in [-0.2, -0.15) is 0 Å². The van der Waals surface area contributed by atoms with Gasteiger partial charge >= 0.3 is 0 Å². The predicted octanol–water partition coefficient (Wildman–Crippen LogP) is 1.51. The molecule has 0 spiro atoms. The van der Waals surface area contributed by atoms with Gasteiger partial charge in [0.25, 0.3) is 9.05 Å². The lowest BCUT2D eigenvalue weighted by Crippen LogP contribution is -2.06. The van der Waals surface area contributed by atoms with Crippen molar-refractivity contribution in [3.8, 4) is 0 Å². The molecular weight excluding hydrogens is 284 g/mol. The first-order valence-corrected chi connectivity index (χ1v) is 8.60. The van der Waals surface area contributed by atoms with Crippen molar-refractivity contribution >= 4 is 30.5 Å². The molecule has 1 unspecified atom stereocenters. The second-order valence-corrected chi connectivity index (χ2v) is 7.51. The van der Waals surface area contributed by atoms with Gasteiger partial charge in [-0.1, -0.05) is 12.1 Å². The number of rotatable bonds is 6. The smallest absolute Gasteiger partial charge is 0.261 e. The zero-order valence-corrected chi connectivity index (χ0v) is 11.6. The maximum absolute atomic E-state index is 11.6. The lowest BCUT2D eigenvalue weighted by Gasteiger charge is -2.03. The van der Waals surface area contributed by atoms with Crippen LogP contribution in [0.15, 0.2) is 29.2 Å². The van der Waals surface area contributed by atoms with E-state index in [-0.39, 0.29) is 4.90 Å². The number of methoxy groups -OCH3 is 1. The Balaban J connectivity index is 2.76. The van der Waals surface area contributed by atoms with Crippen molar-refractivity contribution in [2.75, 3.05) is 19.5 Å². The molecule has 1 aromatic rings. The van der Waals surface area contributed by atoms with E-state index in [4.69, 9.17) is 15.4 Å². The van der Waals surface area contributed by atoms with Crippen LogP contribution < -0.4 is 0 Å². The van der Waals surface area contributed by atoms with E-state index in [2.05, 4.69) is 0 Å². The molecule has 0 radical (unpaired) electrons. The van der Waals surface area contributed by atoms with Gasteiger partial charge < -0.3 is 4.74 Å². The van der Waals surface area contributed by atoms with Gasteiger partial charge in [-0.15, -0.1) is 0 Å². The van der Waals surface area contributed by atoms with Gasteiger partial charge in [0.1, 0.15) is 0 Å². The summed E-state index contributed by atoms with van der Waals surface area (Å²) in [5.74, 6) is 0.720. The summed E-state index contributed by atoms with van der Waals surface area (Å²) in [5.41, 5.74) is 0.682. The average molecular weight is 297 g/mol. The first-order chi connectivity index (χ1) is 7.93. The van der Waals surface area contributed by atoms with Crippen LogP contribution in [0, 0.1) is 0 Å². The van der Waals surface area contributed by atoms with Gasteiger partial charge in [-0.05, 0) is 17.7 Å². The highest BCUT2D eigenvalue weighted by Gasteiger charge is 2.11. The van der Waals surface area contributed by atoms with Gasteiger partial charge in [0.2, 0.25) is 0 Å². The summed E-state index contributed by atoms with van der Waals surface area (Å²) < 4.78 is 38.6. The minimum Gasteiger partial charge on any atom is -0.384 e. The van der Waals surface area contributed by atoms with Crippen LogP contribution in [-0.4, -0.2) is 32.1 Å². The third-order valence-electron chi connectivity index (χ3n) is 2.02. The second kappa shape index (κ2) is 6.49. The molecule has 96 valence electrons. The maximum Gasteiger partial charge on any atom is 0.261 e. The molecule has 17 heavy (non-hydrogen) atoms. The highest BCUT2D eigenvalue weighted by Crippen LogP contribution is 2.17. The Morgan fingerprint density at radius 3 is 2.71 bits per heavy atom. The molecule has 0 saturated carbocycles. The normalized spacial score (nSPS) is 13.5. The van der Waals surface area contributed by atoms with Crippen LogP contribution in [0.1, 0.15) is 5.56 Å². The third-order valence-corrected chi connectivity index (χ3v) is 4.65. The zero-order chi connectivity index (χ0) is 12.9. The van der Waals surface area contributed by atoms with Crippen LogP contribution in [0.25, 0.3) is 0 Å². The number of hydrogen-bond donors (Lipinski definition) is 0. The van der Waals surface area contributed by atoms with E-state index in [1.807, 2.05) is 0 Å². The molecule has 0 aromatic heterocycles. The Morgan fingerprint density at radius 2 is 2.12 bits per heavy atom. The van der Waals surface area contributed by atoms with E-state index >= 15 is 0 Å². The largest absolute Gasteiger partial charge is 0.384 e. The van der Waals surface area contributed by atoms with Crippen LogP contribution in [-0.2, 0) is 30.3 Å². The molecule has 0 bridgehead atoms. The van der Waals surface area contributed by atoms with Crippen LogP contribution in [0.4, 0.5) is 0 Å². The first-order valence-electron chi connectivity index (χ1n) is 4.81. The maximum atomic E-state index is 11.6. The van der Waals surface area contributed by atoms with Crippen LogP contribution >= 0.6 is 10.7 Å². The van der Waals surface area contributed by atoms with Gasteiger partial charge in [-0.25, -0.2) is 8.42 Å². The van der Waals surface area contributed by atoms with Crippen molar-refractivity contribution in [3.05, 3.63) is 29.8 Å². The van der Waals surface area contributed by atoms with Crippen molar-refractivity contribution in [2.24, 2.45) is 0 Å². The molecule has 0 amide bonds. The fourth-order valence-electron chi connectivity index (χ4n) is 1.22. The molecule has 4 nitrogen and oxygen atoms in total. The zero-order valence-electron chi connectivity index (χ0n) is 9.26. The molecular formula is C10H13ClO4S2. The highest BCUT2D eigenvalue weighted by atomic mass is 35.7. The van der Waals surface area contributed by atoms with Crippen molar-refractivity contribution in [1.29, 1.82) is 0 Å². The van der Waals surface area contributed by atoms with E-state index in [1.165, 1.54) is 19.2 Å². The van der Waals surface area contributed by atoms with Gasteiger partial charge in [-0.3, -0.25) is 4.21 Å². The van der Waals surface area contributed by atoms with Crippen LogP contribution in [0.3, 0.4) is 0 Å². The summed E-state index contributed by atoms with van der Waals surface area (Å²) in [6.07, 6.45) is 0. The summed E-state index contributed by atoms with van der Waals surface area (Å²) in [4.78, 5) is 0.0282. The molecule has 0 aliphatic heterocycles. The number of halogens is 1. The molecule has 0 fully saturated rings. The second-order valence-electron chi connectivity index (χ2n) is 3.37. The van der Waals surface area contributed by atoms with Crippen molar-refractivity contribution < 1.29 is 17.4 Å². The van der Waals surface area contributed by atoms with Gasteiger partial charge in [0, 0.05) is 40.1 Å². The van der Waals surface area contributed by atoms with Crippen LogP contribution in [0.2, 0.25) is 0 Å². The molecule has 0 saturated heterocycles. The summed E-state index contributed by atoms with van der Waals surface area (Å²) in [7, 11) is 1.97. The fraction of sp³-hybridized carbons (Fsp3) is 0.400. The SMILES string of the molecule is COCCS(=O)Cc1cccc(S(=O)(=O)Cl)c1. The lowest BCUT2D eigenvalue weighted by molar-refractivity contribution is 0.218. The van der Waals surface area contributed by atoms with E-state index in [0.717, 1.165) is 0 Å². The summed E-state index contributed by atoms with van der Waals surface area (Å²) in [6, 6.07) is 6.14. The quantitative estimate of drug-likeness (QED) is 0.747. The Kier molecular flexibility index (Phi) is 5.58. The summed E-state index contributed by atoms with van der Waals surface area (Å²) >= 11 is 0. The minimum absolute atomic E-state index is 0.0282. The topological polar surface area (TPSA) is 60.4 Å². The Hall–Kier alpha value is -0.430. The Bertz CT molecular complexity index is 499. The number of hydrogen-bond acceptors (Lipinski definition) is 4. The standard InChI is InChI=1S/C10H13ClO4S2/c1-15-5-6-16(12)8-9-3-2-4-10(7-9)17(11,13)14/h2-4,7H,5-6,8H2,1H3. The van der Waals surface area contributed by atoms with E-state index in [0.29, 0.717) is 23.7 Å². The third kappa shape index (κ3) is 5.16. The molecule has 1 rings (SSSR count). The van der Waals surface area contributed by atoms with Gasteiger partial charge in [0.05, 0.1) is 11.5 Å². The fourth-order valence-corrected chi connectivity index (χ4v) is 3.09. The minimum atomic E-state index is -3.73. The molecule has 0 aliphatic carbocycles. The molecule has 1 atom stereocenters. The first kappa shape index (κ1) is 14.6.